The summed E-state index contributed by atoms with van der Waals surface area (Å²) in [6, 6.07) is 7.69. The summed E-state index contributed by atoms with van der Waals surface area (Å²) in [5.74, 6) is -0.943. The average Bonchev–Trinajstić information content (AvgIpc) is 2.36. The van der Waals surface area contributed by atoms with E-state index in [2.05, 4.69) is 0 Å². The van der Waals surface area contributed by atoms with E-state index >= 15 is 0 Å². The molecular formula is C13H16F3NO2. The number of alkyl halides is 3. The summed E-state index contributed by atoms with van der Waals surface area (Å²) in [4.78, 5) is 12.0. The van der Waals surface area contributed by atoms with Crippen molar-refractivity contribution in [3.8, 4) is 0 Å². The van der Waals surface area contributed by atoms with Crippen LogP contribution in [0.3, 0.4) is 0 Å². The molecule has 6 heteroatoms. The van der Waals surface area contributed by atoms with Crippen molar-refractivity contribution in [3.05, 3.63) is 35.9 Å². The number of benzene rings is 1. The van der Waals surface area contributed by atoms with Crippen molar-refractivity contribution in [2.75, 3.05) is 13.2 Å². The Hall–Kier alpha value is -1.56. The largest absolute Gasteiger partial charge is 0.465 e. The van der Waals surface area contributed by atoms with Crippen molar-refractivity contribution < 1.29 is 22.7 Å². The third kappa shape index (κ3) is 3.70. The molecule has 0 aromatic heterocycles. The summed E-state index contributed by atoms with van der Waals surface area (Å²) in [6.07, 6.45) is -5.85. The van der Waals surface area contributed by atoms with Gasteiger partial charge in [0, 0.05) is 6.54 Å². The summed E-state index contributed by atoms with van der Waals surface area (Å²) in [7, 11) is 0. The first-order valence-corrected chi connectivity index (χ1v) is 5.85. The zero-order valence-corrected chi connectivity index (χ0v) is 10.5. The van der Waals surface area contributed by atoms with Gasteiger partial charge in [0.2, 0.25) is 0 Å². The van der Waals surface area contributed by atoms with Crippen molar-refractivity contribution in [2.45, 2.75) is 24.9 Å². The first kappa shape index (κ1) is 15.5. The lowest BCUT2D eigenvalue weighted by Crippen LogP contribution is -2.47. The summed E-state index contributed by atoms with van der Waals surface area (Å²) >= 11 is 0. The molecule has 0 amide bonds. The predicted molar refractivity (Wildman–Crippen MR) is 64.5 cm³/mol. The lowest BCUT2D eigenvalue weighted by atomic mass is 9.77. The molecule has 2 N–H and O–H groups in total. The Morgan fingerprint density at radius 3 is 2.26 bits per heavy atom. The Labute approximate surface area is 109 Å². The number of carbonyl (C=O) groups excluding carboxylic acids is 1. The van der Waals surface area contributed by atoms with Crippen LogP contribution in [0.4, 0.5) is 13.2 Å². The molecule has 0 heterocycles. The Morgan fingerprint density at radius 1 is 1.26 bits per heavy atom. The van der Waals surface area contributed by atoms with Crippen LogP contribution in [0.1, 0.15) is 18.9 Å². The van der Waals surface area contributed by atoms with Gasteiger partial charge in [-0.05, 0) is 12.5 Å². The van der Waals surface area contributed by atoms with Crippen LogP contribution in [0.15, 0.2) is 30.3 Å². The van der Waals surface area contributed by atoms with E-state index in [0.717, 1.165) is 0 Å². The van der Waals surface area contributed by atoms with Gasteiger partial charge in [0.25, 0.3) is 0 Å². The van der Waals surface area contributed by atoms with Crippen molar-refractivity contribution in [2.24, 2.45) is 5.73 Å². The van der Waals surface area contributed by atoms with Crippen molar-refractivity contribution >= 4 is 5.97 Å². The van der Waals surface area contributed by atoms with Crippen molar-refractivity contribution in [1.29, 1.82) is 0 Å². The van der Waals surface area contributed by atoms with Gasteiger partial charge in [-0.15, -0.1) is 0 Å². The molecule has 1 unspecified atom stereocenters. The fraction of sp³-hybridized carbons (Fsp3) is 0.462. The third-order valence-electron chi connectivity index (χ3n) is 2.84. The SMILES string of the molecule is CCOC(=O)C(CN)(CC(F)(F)F)c1ccccc1. The number of rotatable bonds is 5. The van der Waals surface area contributed by atoms with Gasteiger partial charge in [0.05, 0.1) is 13.0 Å². The molecule has 1 atom stereocenters. The molecule has 0 radical (unpaired) electrons. The number of hydrogen-bond donors (Lipinski definition) is 1. The van der Waals surface area contributed by atoms with Gasteiger partial charge < -0.3 is 10.5 Å². The minimum absolute atomic E-state index is 0.00523. The molecule has 19 heavy (non-hydrogen) atoms. The first-order chi connectivity index (χ1) is 8.85. The second-order valence-electron chi connectivity index (χ2n) is 4.16. The molecule has 0 aliphatic carbocycles. The minimum atomic E-state index is -4.51. The molecule has 3 nitrogen and oxygen atoms in total. The van der Waals surface area contributed by atoms with Crippen LogP contribution in [-0.2, 0) is 14.9 Å². The molecule has 0 saturated carbocycles. The predicted octanol–water partition coefficient (Wildman–Crippen LogP) is 2.40. The summed E-state index contributed by atoms with van der Waals surface area (Å²) in [5.41, 5.74) is 3.81. The molecular weight excluding hydrogens is 259 g/mol. The molecule has 0 spiro atoms. The number of ether oxygens (including phenoxy) is 1. The number of nitrogens with two attached hydrogens (primary N) is 1. The Morgan fingerprint density at radius 2 is 1.84 bits per heavy atom. The van der Waals surface area contributed by atoms with Gasteiger partial charge in [-0.3, -0.25) is 4.79 Å². The van der Waals surface area contributed by atoms with Gasteiger partial charge in [-0.25, -0.2) is 0 Å². The van der Waals surface area contributed by atoms with Crippen LogP contribution < -0.4 is 5.73 Å². The van der Waals surface area contributed by atoms with Gasteiger partial charge in [0.1, 0.15) is 5.41 Å². The highest BCUT2D eigenvalue weighted by Gasteiger charge is 2.49. The van der Waals surface area contributed by atoms with Crippen LogP contribution in [0.2, 0.25) is 0 Å². The highest BCUT2D eigenvalue weighted by Crippen LogP contribution is 2.37. The van der Waals surface area contributed by atoms with Crippen molar-refractivity contribution in [1.82, 2.24) is 0 Å². The van der Waals surface area contributed by atoms with Crippen LogP contribution in [0, 0.1) is 0 Å². The lowest BCUT2D eigenvalue weighted by Gasteiger charge is -2.31. The number of esters is 1. The van der Waals surface area contributed by atoms with Crippen molar-refractivity contribution in [3.63, 3.8) is 0 Å². The van der Waals surface area contributed by atoms with Gasteiger partial charge in [0.15, 0.2) is 0 Å². The normalized spacial score (nSPS) is 14.8. The Bertz CT molecular complexity index is 420. The van der Waals surface area contributed by atoms with E-state index in [-0.39, 0.29) is 12.2 Å². The molecule has 0 aliphatic rings. The highest BCUT2D eigenvalue weighted by atomic mass is 19.4. The second-order valence-corrected chi connectivity index (χ2v) is 4.16. The number of carbonyl (C=O) groups is 1. The third-order valence-corrected chi connectivity index (χ3v) is 2.84. The zero-order chi connectivity index (χ0) is 14.5. The van der Waals surface area contributed by atoms with E-state index in [1.165, 1.54) is 19.1 Å². The van der Waals surface area contributed by atoms with E-state index in [4.69, 9.17) is 10.5 Å². The molecule has 1 aromatic carbocycles. The molecule has 0 fully saturated rings. The second kappa shape index (κ2) is 6.06. The fourth-order valence-electron chi connectivity index (χ4n) is 1.93. The number of halogens is 3. The zero-order valence-electron chi connectivity index (χ0n) is 10.5. The van der Waals surface area contributed by atoms with E-state index < -0.39 is 30.5 Å². The molecule has 106 valence electrons. The smallest absolute Gasteiger partial charge is 0.390 e. The summed E-state index contributed by atoms with van der Waals surface area (Å²) in [5, 5.41) is 0. The standard InChI is InChI=1S/C13H16F3NO2/c1-2-19-11(18)12(9-17,8-13(14,15)16)10-6-4-3-5-7-10/h3-7H,2,8-9,17H2,1H3. The van der Waals surface area contributed by atoms with Crippen LogP contribution in [-0.4, -0.2) is 25.3 Å². The summed E-state index contributed by atoms with van der Waals surface area (Å²) in [6.45, 7) is 1.08. The maximum absolute atomic E-state index is 12.8. The van der Waals surface area contributed by atoms with E-state index in [1.807, 2.05) is 0 Å². The van der Waals surface area contributed by atoms with Gasteiger partial charge in [-0.1, -0.05) is 30.3 Å². The lowest BCUT2D eigenvalue weighted by molar-refractivity contribution is -0.171. The molecule has 0 bridgehead atoms. The fourth-order valence-corrected chi connectivity index (χ4v) is 1.93. The highest BCUT2D eigenvalue weighted by molar-refractivity contribution is 5.83. The quantitative estimate of drug-likeness (QED) is 0.839. The molecule has 1 aromatic rings. The van der Waals surface area contributed by atoms with Crippen LogP contribution in [0.25, 0.3) is 0 Å². The minimum Gasteiger partial charge on any atom is -0.465 e. The van der Waals surface area contributed by atoms with E-state index in [9.17, 15) is 18.0 Å². The summed E-state index contributed by atoms with van der Waals surface area (Å²) < 4.78 is 43.1. The van der Waals surface area contributed by atoms with Gasteiger partial charge >= 0.3 is 12.1 Å². The molecule has 0 saturated heterocycles. The number of hydrogen-bond acceptors (Lipinski definition) is 3. The van der Waals surface area contributed by atoms with Gasteiger partial charge in [-0.2, -0.15) is 13.2 Å². The molecule has 0 aliphatic heterocycles. The van der Waals surface area contributed by atoms with Crippen LogP contribution >= 0.6 is 0 Å². The van der Waals surface area contributed by atoms with E-state index in [1.54, 1.807) is 18.2 Å². The maximum Gasteiger partial charge on any atom is 0.390 e. The Kier molecular flexibility index (Phi) is 4.94. The molecule has 1 rings (SSSR count). The average molecular weight is 275 g/mol. The topological polar surface area (TPSA) is 52.3 Å². The monoisotopic (exact) mass is 275 g/mol. The van der Waals surface area contributed by atoms with E-state index in [0.29, 0.717) is 0 Å². The van der Waals surface area contributed by atoms with Crippen LogP contribution in [0.5, 0.6) is 0 Å². The first-order valence-electron chi connectivity index (χ1n) is 5.85. The Balaban J connectivity index is 3.25. The maximum atomic E-state index is 12.8.